The van der Waals surface area contributed by atoms with Crippen LogP contribution in [0.1, 0.15) is 25.7 Å². The molecule has 4 nitrogen and oxygen atoms in total. The zero-order valence-electron chi connectivity index (χ0n) is 9.98. The molecule has 3 fully saturated rings. The van der Waals surface area contributed by atoms with E-state index < -0.39 is 0 Å². The van der Waals surface area contributed by atoms with Crippen LogP contribution in [0.2, 0.25) is 0 Å². The molecular weight excluding hydrogens is 202 g/mol. The largest absolute Gasteiger partial charge is 0.337 e. The first kappa shape index (κ1) is 10.5. The van der Waals surface area contributed by atoms with Crippen molar-refractivity contribution in [3.63, 3.8) is 0 Å². The fourth-order valence-electron chi connectivity index (χ4n) is 3.72. The molecule has 3 heterocycles. The second-order valence-corrected chi connectivity index (χ2v) is 5.26. The van der Waals surface area contributed by atoms with Crippen molar-refractivity contribution in [1.82, 2.24) is 15.1 Å². The molecule has 4 heteroatoms. The van der Waals surface area contributed by atoms with Gasteiger partial charge in [-0.3, -0.25) is 9.69 Å². The standard InChI is InChI=1S/C12H21N3O/c1-13-9-4-8-15(12(9)16)11-5-7-14-6-2-3-10(11)14/h9-11,13H,2-8H2,1H3. The molecule has 0 spiro atoms. The summed E-state index contributed by atoms with van der Waals surface area (Å²) >= 11 is 0. The van der Waals surface area contributed by atoms with Gasteiger partial charge in [0, 0.05) is 25.2 Å². The Balaban J connectivity index is 1.72. The normalized spacial score (nSPS) is 39.7. The molecule has 0 bridgehead atoms. The highest BCUT2D eigenvalue weighted by Crippen LogP contribution is 2.33. The van der Waals surface area contributed by atoms with Gasteiger partial charge in [0.2, 0.25) is 5.91 Å². The lowest BCUT2D eigenvalue weighted by molar-refractivity contribution is -0.131. The molecule has 90 valence electrons. The summed E-state index contributed by atoms with van der Waals surface area (Å²) in [4.78, 5) is 16.9. The number of nitrogens with one attached hydrogen (secondary N) is 1. The highest BCUT2D eigenvalue weighted by molar-refractivity contribution is 5.84. The van der Waals surface area contributed by atoms with Gasteiger partial charge in [-0.15, -0.1) is 0 Å². The average molecular weight is 223 g/mol. The van der Waals surface area contributed by atoms with Gasteiger partial charge in [0.15, 0.2) is 0 Å². The average Bonchev–Trinajstić information content (AvgIpc) is 2.92. The summed E-state index contributed by atoms with van der Waals surface area (Å²) in [6, 6.07) is 1.25. The Hall–Kier alpha value is -0.610. The third kappa shape index (κ3) is 1.47. The van der Waals surface area contributed by atoms with E-state index in [0.717, 1.165) is 13.0 Å². The number of fused-ring (bicyclic) bond motifs is 1. The summed E-state index contributed by atoms with van der Waals surface area (Å²) in [5, 5.41) is 3.12. The Morgan fingerprint density at radius 1 is 1.12 bits per heavy atom. The molecule has 3 atom stereocenters. The van der Waals surface area contributed by atoms with E-state index in [1.165, 1.54) is 32.4 Å². The third-order valence-electron chi connectivity index (χ3n) is 4.56. The Bertz CT molecular complexity index is 294. The molecule has 0 aromatic heterocycles. The lowest BCUT2D eigenvalue weighted by atomic mass is 10.1. The van der Waals surface area contributed by atoms with E-state index in [4.69, 9.17) is 0 Å². The molecule has 0 radical (unpaired) electrons. The smallest absolute Gasteiger partial charge is 0.240 e. The van der Waals surface area contributed by atoms with Gasteiger partial charge in [-0.05, 0) is 39.3 Å². The molecule has 0 aromatic rings. The topological polar surface area (TPSA) is 35.6 Å². The van der Waals surface area contributed by atoms with Crippen molar-refractivity contribution in [2.24, 2.45) is 0 Å². The number of hydrogen-bond acceptors (Lipinski definition) is 3. The number of nitrogens with zero attached hydrogens (tertiary/aromatic N) is 2. The van der Waals surface area contributed by atoms with Gasteiger partial charge >= 0.3 is 0 Å². The van der Waals surface area contributed by atoms with Gasteiger partial charge in [-0.2, -0.15) is 0 Å². The van der Waals surface area contributed by atoms with E-state index in [0.29, 0.717) is 18.0 Å². The SMILES string of the molecule is CNC1CCN(C2CCN3CCCC23)C1=O. The maximum absolute atomic E-state index is 12.2. The summed E-state index contributed by atoms with van der Waals surface area (Å²) in [7, 11) is 1.89. The first-order valence-electron chi connectivity index (χ1n) is 6.53. The van der Waals surface area contributed by atoms with Gasteiger partial charge in [0.05, 0.1) is 6.04 Å². The first-order valence-corrected chi connectivity index (χ1v) is 6.53. The molecule has 3 saturated heterocycles. The fraction of sp³-hybridized carbons (Fsp3) is 0.917. The molecule has 0 saturated carbocycles. The van der Waals surface area contributed by atoms with Crippen molar-refractivity contribution in [3.05, 3.63) is 0 Å². The van der Waals surface area contributed by atoms with Gasteiger partial charge in [-0.25, -0.2) is 0 Å². The minimum absolute atomic E-state index is 0.0791. The van der Waals surface area contributed by atoms with Crippen molar-refractivity contribution < 1.29 is 4.79 Å². The maximum atomic E-state index is 12.2. The Morgan fingerprint density at radius 2 is 2.00 bits per heavy atom. The van der Waals surface area contributed by atoms with E-state index in [-0.39, 0.29) is 6.04 Å². The Morgan fingerprint density at radius 3 is 2.75 bits per heavy atom. The molecule has 3 aliphatic rings. The number of likely N-dealkylation sites (N-methyl/N-ethyl adjacent to an activating group) is 1. The summed E-state index contributed by atoms with van der Waals surface area (Å²) < 4.78 is 0. The fourth-order valence-corrected chi connectivity index (χ4v) is 3.72. The quantitative estimate of drug-likeness (QED) is 0.718. The lowest BCUT2D eigenvalue weighted by Gasteiger charge is -2.29. The number of hydrogen-bond donors (Lipinski definition) is 1. The second kappa shape index (κ2) is 4.00. The number of rotatable bonds is 2. The molecule has 3 rings (SSSR count). The number of carbonyl (C=O) groups excluding carboxylic acids is 1. The monoisotopic (exact) mass is 223 g/mol. The molecule has 1 N–H and O–H groups in total. The van der Waals surface area contributed by atoms with Crippen molar-refractivity contribution >= 4 is 5.91 Å². The molecular formula is C12H21N3O. The Labute approximate surface area is 97.0 Å². The number of carbonyl (C=O) groups is 1. The Kier molecular flexibility index (Phi) is 2.64. The van der Waals surface area contributed by atoms with Gasteiger partial charge in [0.1, 0.15) is 0 Å². The van der Waals surface area contributed by atoms with Crippen LogP contribution in [0.15, 0.2) is 0 Å². The summed E-state index contributed by atoms with van der Waals surface area (Å²) in [5.74, 6) is 0.334. The predicted molar refractivity (Wildman–Crippen MR) is 62.2 cm³/mol. The van der Waals surface area contributed by atoms with Crippen molar-refractivity contribution in [1.29, 1.82) is 0 Å². The van der Waals surface area contributed by atoms with Gasteiger partial charge in [0.25, 0.3) is 0 Å². The van der Waals surface area contributed by atoms with Crippen molar-refractivity contribution in [3.8, 4) is 0 Å². The number of amides is 1. The van der Waals surface area contributed by atoms with Crippen LogP contribution in [0.5, 0.6) is 0 Å². The second-order valence-electron chi connectivity index (χ2n) is 5.26. The van der Waals surface area contributed by atoms with E-state index in [2.05, 4.69) is 15.1 Å². The van der Waals surface area contributed by atoms with Crippen molar-refractivity contribution in [2.75, 3.05) is 26.7 Å². The summed E-state index contributed by atoms with van der Waals surface area (Å²) in [6.45, 7) is 3.40. The highest BCUT2D eigenvalue weighted by atomic mass is 16.2. The van der Waals surface area contributed by atoms with E-state index in [9.17, 15) is 4.79 Å². The maximum Gasteiger partial charge on any atom is 0.240 e. The molecule has 16 heavy (non-hydrogen) atoms. The van der Waals surface area contributed by atoms with E-state index >= 15 is 0 Å². The minimum Gasteiger partial charge on any atom is -0.337 e. The summed E-state index contributed by atoms with van der Waals surface area (Å²) in [6.07, 6.45) is 4.78. The van der Waals surface area contributed by atoms with E-state index in [1.54, 1.807) is 0 Å². The minimum atomic E-state index is 0.0791. The highest BCUT2D eigenvalue weighted by Gasteiger charge is 2.44. The summed E-state index contributed by atoms with van der Waals surface area (Å²) in [5.41, 5.74) is 0. The zero-order valence-corrected chi connectivity index (χ0v) is 9.98. The van der Waals surface area contributed by atoms with Crippen LogP contribution in [0, 0.1) is 0 Å². The van der Waals surface area contributed by atoms with Crippen LogP contribution in [-0.4, -0.2) is 60.5 Å². The van der Waals surface area contributed by atoms with Crippen LogP contribution < -0.4 is 5.32 Å². The van der Waals surface area contributed by atoms with Crippen LogP contribution in [0.3, 0.4) is 0 Å². The van der Waals surface area contributed by atoms with Gasteiger partial charge < -0.3 is 10.2 Å². The molecule has 3 aliphatic heterocycles. The molecule has 0 aromatic carbocycles. The van der Waals surface area contributed by atoms with Crippen LogP contribution in [-0.2, 0) is 4.79 Å². The predicted octanol–water partition coefficient (Wildman–Crippen LogP) is 0.0434. The van der Waals surface area contributed by atoms with Gasteiger partial charge in [-0.1, -0.05) is 0 Å². The molecule has 1 amide bonds. The van der Waals surface area contributed by atoms with E-state index in [1.807, 2.05) is 7.05 Å². The van der Waals surface area contributed by atoms with Crippen LogP contribution in [0.4, 0.5) is 0 Å². The van der Waals surface area contributed by atoms with Crippen LogP contribution in [0.25, 0.3) is 0 Å². The first-order chi connectivity index (χ1) is 7.81. The van der Waals surface area contributed by atoms with Crippen molar-refractivity contribution in [2.45, 2.75) is 43.8 Å². The van der Waals surface area contributed by atoms with Crippen LogP contribution >= 0.6 is 0 Å². The molecule has 0 aliphatic carbocycles. The lowest BCUT2D eigenvalue weighted by Crippen LogP contribution is -2.46. The molecule has 3 unspecified atom stereocenters. The third-order valence-corrected chi connectivity index (χ3v) is 4.56. The zero-order chi connectivity index (χ0) is 11.1. The number of likely N-dealkylation sites (tertiary alicyclic amines) is 1.